The average Bonchev–Trinajstić information content (AvgIpc) is 2.84. The van der Waals surface area contributed by atoms with Crippen LogP contribution in [0.25, 0.3) is 0 Å². The Kier molecular flexibility index (Phi) is 9.89. The van der Waals surface area contributed by atoms with Crippen LogP contribution in [0.5, 0.6) is 0 Å². The first-order chi connectivity index (χ1) is 16.6. The van der Waals surface area contributed by atoms with Crippen LogP contribution >= 0.6 is 0 Å². The van der Waals surface area contributed by atoms with Gasteiger partial charge in [0.2, 0.25) is 0 Å². The molecule has 0 spiro atoms. The van der Waals surface area contributed by atoms with Gasteiger partial charge in [0.25, 0.3) is 0 Å². The average molecular weight is 473 g/mol. The lowest BCUT2D eigenvalue weighted by Crippen LogP contribution is -2.31. The number of fused-ring (bicyclic) bond motifs is 2. The summed E-state index contributed by atoms with van der Waals surface area (Å²) in [6.45, 7) is 4.53. The van der Waals surface area contributed by atoms with E-state index in [4.69, 9.17) is 0 Å². The van der Waals surface area contributed by atoms with Crippen molar-refractivity contribution in [1.29, 1.82) is 0 Å². The van der Waals surface area contributed by atoms with Crippen LogP contribution < -0.4 is 0 Å². The van der Waals surface area contributed by atoms with Crippen LogP contribution in [-0.2, 0) is 12.8 Å². The molecule has 1 aromatic carbocycles. The highest BCUT2D eigenvalue weighted by atomic mass is 19.1. The van der Waals surface area contributed by atoms with Crippen LogP contribution in [0.3, 0.4) is 0 Å². The van der Waals surface area contributed by atoms with E-state index in [1.165, 1.54) is 89.9 Å². The fraction of sp³-hybridized carbons (Fsp3) is 0.812. The van der Waals surface area contributed by atoms with Gasteiger partial charge < -0.3 is 0 Å². The third kappa shape index (κ3) is 6.44. The van der Waals surface area contributed by atoms with Gasteiger partial charge in [0.05, 0.1) is 0 Å². The highest BCUT2D eigenvalue weighted by Crippen LogP contribution is 2.50. The van der Waals surface area contributed by atoms with Crippen LogP contribution in [0.4, 0.5) is 8.78 Å². The van der Waals surface area contributed by atoms with Crippen molar-refractivity contribution in [1.82, 2.24) is 0 Å². The van der Waals surface area contributed by atoms with Crippen molar-refractivity contribution >= 4 is 0 Å². The molecule has 5 unspecified atom stereocenters. The summed E-state index contributed by atoms with van der Waals surface area (Å²) >= 11 is 0. The van der Waals surface area contributed by atoms with Gasteiger partial charge in [-0.15, -0.1) is 0 Å². The van der Waals surface area contributed by atoms with Crippen molar-refractivity contribution in [2.45, 2.75) is 142 Å². The highest BCUT2D eigenvalue weighted by Gasteiger charge is 2.38. The smallest absolute Gasteiger partial charge is 0.133 e. The van der Waals surface area contributed by atoms with Crippen molar-refractivity contribution in [2.24, 2.45) is 23.7 Å². The molecular formula is C32H50F2. The minimum Gasteiger partial charge on any atom is -0.207 e. The summed E-state index contributed by atoms with van der Waals surface area (Å²) in [5, 5.41) is 0. The summed E-state index contributed by atoms with van der Waals surface area (Å²) in [7, 11) is 0. The van der Waals surface area contributed by atoms with Gasteiger partial charge >= 0.3 is 0 Å². The van der Waals surface area contributed by atoms with E-state index >= 15 is 8.78 Å². The topological polar surface area (TPSA) is 0 Å². The maximum absolute atomic E-state index is 15.7. The molecule has 0 heterocycles. The monoisotopic (exact) mass is 472 g/mol. The minimum absolute atomic E-state index is 0.0967. The molecular weight excluding hydrogens is 422 g/mol. The Bertz CT molecular complexity index is 769. The predicted octanol–water partition coefficient (Wildman–Crippen LogP) is 10.3. The molecule has 3 aliphatic carbocycles. The first-order valence-electron chi connectivity index (χ1n) is 15.1. The number of hydrogen-bond acceptors (Lipinski definition) is 0. The molecule has 0 radical (unpaired) electrons. The molecule has 2 fully saturated rings. The molecule has 192 valence electrons. The normalized spacial score (nSPS) is 29.0. The fourth-order valence-corrected chi connectivity index (χ4v) is 7.79. The Morgan fingerprint density at radius 1 is 0.735 bits per heavy atom. The standard InChI is InChI=1S/C32H50F2/c1-3-5-7-9-11-23-13-15-26-21-27(17-16-25(26)19-23)31-30(33)22-28-20-24(12-10-8-6-4-2)14-18-29(28)32(31)34/h22-27H,3-21H2,1-2H3. The molecule has 0 aromatic heterocycles. The molecule has 0 saturated heterocycles. The number of unbranched alkanes of at least 4 members (excludes halogenated alkanes) is 6. The molecule has 0 N–H and O–H groups in total. The van der Waals surface area contributed by atoms with E-state index in [1.54, 1.807) is 6.07 Å². The third-order valence-corrected chi connectivity index (χ3v) is 9.82. The second kappa shape index (κ2) is 12.9. The van der Waals surface area contributed by atoms with E-state index in [0.717, 1.165) is 55.1 Å². The maximum Gasteiger partial charge on any atom is 0.133 e. The van der Waals surface area contributed by atoms with Gasteiger partial charge in [0, 0.05) is 5.56 Å². The van der Waals surface area contributed by atoms with E-state index in [-0.39, 0.29) is 17.6 Å². The summed E-state index contributed by atoms with van der Waals surface area (Å²) in [5.74, 6) is 2.71. The molecule has 0 nitrogen and oxygen atoms in total. The molecule has 0 amide bonds. The maximum atomic E-state index is 15.7. The van der Waals surface area contributed by atoms with Crippen molar-refractivity contribution in [3.8, 4) is 0 Å². The SMILES string of the molecule is CCCCCCC1CCc2c(cc(F)c(C3CCC4CC(CCCCCC)CCC4C3)c2F)C1. The minimum atomic E-state index is -0.240. The lowest BCUT2D eigenvalue weighted by Gasteiger charge is -2.42. The Labute approximate surface area is 208 Å². The summed E-state index contributed by atoms with van der Waals surface area (Å²) in [5.41, 5.74) is 2.29. The van der Waals surface area contributed by atoms with Crippen molar-refractivity contribution in [3.05, 3.63) is 34.4 Å². The van der Waals surface area contributed by atoms with Crippen LogP contribution in [0.1, 0.15) is 146 Å². The summed E-state index contributed by atoms with van der Waals surface area (Å²) in [4.78, 5) is 0. The fourth-order valence-electron chi connectivity index (χ4n) is 7.79. The van der Waals surface area contributed by atoms with Crippen LogP contribution in [0, 0.1) is 35.3 Å². The Morgan fingerprint density at radius 3 is 2.15 bits per heavy atom. The lowest BCUT2D eigenvalue weighted by atomic mass is 9.63. The van der Waals surface area contributed by atoms with Crippen molar-refractivity contribution in [3.63, 3.8) is 0 Å². The zero-order chi connectivity index (χ0) is 23.9. The van der Waals surface area contributed by atoms with E-state index in [9.17, 15) is 0 Å². The molecule has 3 aliphatic rings. The zero-order valence-electron chi connectivity index (χ0n) is 22.2. The number of rotatable bonds is 11. The first-order valence-corrected chi connectivity index (χ1v) is 15.1. The summed E-state index contributed by atoms with van der Waals surface area (Å²) in [6, 6.07) is 1.74. The van der Waals surface area contributed by atoms with E-state index in [2.05, 4.69) is 13.8 Å². The quantitative estimate of drug-likeness (QED) is 0.281. The highest BCUT2D eigenvalue weighted by molar-refractivity contribution is 5.39. The van der Waals surface area contributed by atoms with Crippen LogP contribution in [0.2, 0.25) is 0 Å². The third-order valence-electron chi connectivity index (χ3n) is 9.82. The number of benzene rings is 1. The van der Waals surface area contributed by atoms with Gasteiger partial charge in [-0.3, -0.25) is 0 Å². The van der Waals surface area contributed by atoms with E-state index in [1.807, 2.05) is 0 Å². The summed E-state index contributed by atoms with van der Waals surface area (Å²) in [6.07, 6.45) is 23.2. The second-order valence-corrected chi connectivity index (χ2v) is 12.2. The zero-order valence-corrected chi connectivity index (χ0v) is 22.2. The van der Waals surface area contributed by atoms with Gasteiger partial charge in [-0.1, -0.05) is 84.5 Å². The molecule has 2 heteroatoms. The van der Waals surface area contributed by atoms with E-state index < -0.39 is 0 Å². The number of halogens is 2. The van der Waals surface area contributed by atoms with Crippen molar-refractivity contribution in [2.75, 3.05) is 0 Å². The van der Waals surface area contributed by atoms with Gasteiger partial charge in [0.15, 0.2) is 0 Å². The Balaban J connectivity index is 1.34. The molecule has 34 heavy (non-hydrogen) atoms. The largest absolute Gasteiger partial charge is 0.207 e. The lowest BCUT2D eigenvalue weighted by molar-refractivity contribution is 0.111. The first kappa shape index (κ1) is 26.2. The Hall–Kier alpha value is -0.920. The van der Waals surface area contributed by atoms with Crippen molar-refractivity contribution < 1.29 is 8.78 Å². The summed E-state index contributed by atoms with van der Waals surface area (Å²) < 4.78 is 31.1. The van der Waals surface area contributed by atoms with Crippen LogP contribution in [-0.4, -0.2) is 0 Å². The molecule has 4 rings (SSSR count). The van der Waals surface area contributed by atoms with Gasteiger partial charge in [-0.25, -0.2) is 8.78 Å². The van der Waals surface area contributed by atoms with E-state index in [0.29, 0.717) is 17.4 Å². The Morgan fingerprint density at radius 2 is 1.41 bits per heavy atom. The van der Waals surface area contributed by atoms with Gasteiger partial charge in [0.1, 0.15) is 11.6 Å². The van der Waals surface area contributed by atoms with Gasteiger partial charge in [-0.2, -0.15) is 0 Å². The molecule has 5 atom stereocenters. The second-order valence-electron chi connectivity index (χ2n) is 12.2. The predicted molar refractivity (Wildman–Crippen MR) is 140 cm³/mol. The molecule has 2 saturated carbocycles. The van der Waals surface area contributed by atoms with Crippen LogP contribution in [0.15, 0.2) is 6.07 Å². The molecule has 0 aliphatic heterocycles. The number of hydrogen-bond donors (Lipinski definition) is 0. The van der Waals surface area contributed by atoms with Gasteiger partial charge in [-0.05, 0) is 98.1 Å². The molecule has 0 bridgehead atoms. The molecule has 1 aromatic rings.